The first-order valence-corrected chi connectivity index (χ1v) is 20.2. The van der Waals surface area contributed by atoms with Gasteiger partial charge in [0.05, 0.1) is 32.0 Å². The number of allylic oxidation sites excluding steroid dienone is 6. The first kappa shape index (κ1) is 48.4. The minimum absolute atomic E-state index is 0.235. The smallest absolute Gasteiger partial charge is 0.220 e. The first-order valence-electron chi connectivity index (χ1n) is 20.2. The van der Waals surface area contributed by atoms with Crippen molar-refractivity contribution in [1.29, 1.82) is 0 Å². The highest BCUT2D eigenvalue weighted by molar-refractivity contribution is 5.76. The van der Waals surface area contributed by atoms with Crippen LogP contribution in [-0.4, -0.2) is 140 Å². The number of hydrogen-bond donors (Lipinski definition) is 9. The molecule has 14 nitrogen and oxygen atoms in total. The topological polar surface area (TPSA) is 228 Å². The molecule has 2 aliphatic rings. The van der Waals surface area contributed by atoms with Gasteiger partial charge in [-0.3, -0.25) is 4.79 Å². The number of aliphatic hydroxyl groups excluding tert-OH is 8. The molecule has 2 fully saturated rings. The van der Waals surface area contributed by atoms with Crippen LogP contribution >= 0.6 is 0 Å². The number of amides is 1. The zero-order valence-corrected chi connectivity index (χ0v) is 32.4. The molecule has 54 heavy (non-hydrogen) atoms. The summed E-state index contributed by atoms with van der Waals surface area (Å²) in [5, 5.41) is 85.9. The lowest BCUT2D eigenvalue weighted by atomic mass is 9.97. The third-order valence-electron chi connectivity index (χ3n) is 9.87. The number of nitrogens with one attached hydrogen (secondary N) is 1. The van der Waals surface area contributed by atoms with E-state index in [1.807, 2.05) is 0 Å². The molecule has 12 unspecified atom stereocenters. The molecule has 314 valence electrons. The van der Waals surface area contributed by atoms with Crippen LogP contribution in [-0.2, 0) is 23.7 Å². The molecule has 2 heterocycles. The Morgan fingerprint density at radius 3 is 1.96 bits per heavy atom. The van der Waals surface area contributed by atoms with Crippen LogP contribution in [0.3, 0.4) is 0 Å². The quantitative estimate of drug-likeness (QED) is 0.0412. The molecule has 0 bridgehead atoms. The Morgan fingerprint density at radius 1 is 0.685 bits per heavy atom. The second kappa shape index (κ2) is 28.6. The van der Waals surface area contributed by atoms with Crippen molar-refractivity contribution in [3.05, 3.63) is 36.5 Å². The Morgan fingerprint density at radius 2 is 1.28 bits per heavy atom. The fourth-order valence-electron chi connectivity index (χ4n) is 6.48. The van der Waals surface area contributed by atoms with E-state index in [9.17, 15) is 45.6 Å². The molecular weight excluding hydrogens is 702 g/mol. The Bertz CT molecular complexity index is 1060. The Hall–Kier alpha value is -1.79. The lowest BCUT2D eigenvalue weighted by Gasteiger charge is -2.46. The fourth-order valence-corrected chi connectivity index (χ4v) is 6.48. The summed E-state index contributed by atoms with van der Waals surface area (Å²) in [4.78, 5) is 13.0. The standard InChI is InChI=1S/C40H71NO13/c1-3-5-7-9-10-11-12-13-14-15-16-17-18-20-22-24-32(45)41-28(29(44)23-21-19-8-6-4-2)27-51-39-37(50)35(48)38(31(26-43)53-39)54-40-36(49)34(47)33(46)30(25-42)52-40/h5,7,10-11,13-14,28-31,33-40,42-44,46-50H,3-4,6,8-9,12,15-27H2,1-2H3,(H,41,45)/b7-5-,11-10-,14-13-. The largest absolute Gasteiger partial charge is 0.394 e. The molecule has 0 spiro atoms. The second-order valence-electron chi connectivity index (χ2n) is 14.4. The van der Waals surface area contributed by atoms with Crippen molar-refractivity contribution in [2.75, 3.05) is 19.8 Å². The molecule has 0 aromatic rings. The van der Waals surface area contributed by atoms with E-state index in [1.54, 1.807) is 0 Å². The third kappa shape index (κ3) is 17.6. The molecule has 0 radical (unpaired) electrons. The predicted octanol–water partition coefficient (Wildman–Crippen LogP) is 2.42. The van der Waals surface area contributed by atoms with E-state index in [1.165, 1.54) is 0 Å². The number of hydrogen-bond acceptors (Lipinski definition) is 13. The predicted molar refractivity (Wildman–Crippen MR) is 203 cm³/mol. The monoisotopic (exact) mass is 773 g/mol. The maximum absolute atomic E-state index is 13.0. The Balaban J connectivity index is 1.86. The van der Waals surface area contributed by atoms with Gasteiger partial charge in [-0.1, -0.05) is 102 Å². The molecule has 2 rings (SSSR count). The van der Waals surface area contributed by atoms with Gasteiger partial charge in [-0.15, -0.1) is 0 Å². The van der Waals surface area contributed by atoms with Crippen molar-refractivity contribution in [2.45, 2.75) is 190 Å². The molecule has 0 saturated carbocycles. The summed E-state index contributed by atoms with van der Waals surface area (Å²) in [6.07, 6.45) is 10.8. The van der Waals surface area contributed by atoms with Crippen LogP contribution in [0.15, 0.2) is 36.5 Å². The molecule has 2 aliphatic heterocycles. The summed E-state index contributed by atoms with van der Waals surface area (Å²) in [7, 11) is 0. The summed E-state index contributed by atoms with van der Waals surface area (Å²) in [5.41, 5.74) is 0. The molecule has 12 atom stereocenters. The SMILES string of the molecule is CC/C=C\C/C=C\C/C=C\CCCCCCCC(=O)NC(COC1OC(CO)C(OC2OC(CO)C(O)C(O)C2O)C(O)C1O)C(O)CCCCCCC. The number of aliphatic hydroxyl groups is 8. The highest BCUT2D eigenvalue weighted by Crippen LogP contribution is 2.30. The van der Waals surface area contributed by atoms with Gasteiger partial charge in [-0.2, -0.15) is 0 Å². The molecule has 2 saturated heterocycles. The van der Waals surface area contributed by atoms with Crippen LogP contribution in [0.25, 0.3) is 0 Å². The Kier molecular flexibility index (Phi) is 25.6. The molecular formula is C40H71NO13. The number of unbranched alkanes of at least 4 members (excludes halogenated alkanes) is 9. The van der Waals surface area contributed by atoms with Gasteiger partial charge in [0.25, 0.3) is 0 Å². The minimum Gasteiger partial charge on any atom is -0.394 e. The van der Waals surface area contributed by atoms with Crippen molar-refractivity contribution in [3.8, 4) is 0 Å². The van der Waals surface area contributed by atoms with E-state index >= 15 is 0 Å². The molecule has 9 N–H and O–H groups in total. The van der Waals surface area contributed by atoms with Gasteiger partial charge < -0.3 is 65.1 Å². The highest BCUT2D eigenvalue weighted by atomic mass is 16.7. The minimum atomic E-state index is -1.78. The maximum Gasteiger partial charge on any atom is 0.220 e. The molecule has 1 amide bonds. The summed E-state index contributed by atoms with van der Waals surface area (Å²) in [5.74, 6) is -0.235. The van der Waals surface area contributed by atoms with Gasteiger partial charge in [0, 0.05) is 6.42 Å². The lowest BCUT2D eigenvalue weighted by Crippen LogP contribution is -2.65. The van der Waals surface area contributed by atoms with Crippen LogP contribution < -0.4 is 5.32 Å². The van der Waals surface area contributed by atoms with Gasteiger partial charge >= 0.3 is 0 Å². The van der Waals surface area contributed by atoms with Crippen molar-refractivity contribution in [3.63, 3.8) is 0 Å². The van der Waals surface area contributed by atoms with Gasteiger partial charge in [-0.05, 0) is 44.9 Å². The number of carbonyl (C=O) groups excluding carboxylic acids is 1. The zero-order chi connectivity index (χ0) is 39.7. The third-order valence-corrected chi connectivity index (χ3v) is 9.87. The zero-order valence-electron chi connectivity index (χ0n) is 32.4. The number of ether oxygens (including phenoxy) is 4. The summed E-state index contributed by atoms with van der Waals surface area (Å²) < 4.78 is 22.5. The van der Waals surface area contributed by atoms with Crippen LogP contribution in [0, 0.1) is 0 Å². The van der Waals surface area contributed by atoms with Crippen LogP contribution in [0.4, 0.5) is 0 Å². The van der Waals surface area contributed by atoms with E-state index in [0.29, 0.717) is 12.8 Å². The normalized spacial score (nSPS) is 30.4. The Labute approximate surface area is 321 Å². The van der Waals surface area contributed by atoms with Crippen LogP contribution in [0.1, 0.15) is 117 Å². The first-order chi connectivity index (χ1) is 26.1. The molecule has 0 aliphatic carbocycles. The molecule has 14 heteroatoms. The van der Waals surface area contributed by atoms with E-state index in [-0.39, 0.29) is 18.9 Å². The van der Waals surface area contributed by atoms with Crippen LogP contribution in [0.5, 0.6) is 0 Å². The van der Waals surface area contributed by atoms with E-state index in [0.717, 1.165) is 83.5 Å². The fraction of sp³-hybridized carbons (Fsp3) is 0.825. The van der Waals surface area contributed by atoms with E-state index in [2.05, 4.69) is 55.6 Å². The highest BCUT2D eigenvalue weighted by Gasteiger charge is 2.50. The number of rotatable bonds is 28. The second-order valence-corrected chi connectivity index (χ2v) is 14.4. The van der Waals surface area contributed by atoms with Crippen molar-refractivity contribution in [2.24, 2.45) is 0 Å². The van der Waals surface area contributed by atoms with Gasteiger partial charge in [0.2, 0.25) is 5.91 Å². The van der Waals surface area contributed by atoms with Gasteiger partial charge in [0.15, 0.2) is 12.6 Å². The lowest BCUT2D eigenvalue weighted by molar-refractivity contribution is -0.359. The number of carbonyl (C=O) groups is 1. The molecule has 0 aromatic carbocycles. The van der Waals surface area contributed by atoms with Crippen molar-refractivity contribution >= 4 is 5.91 Å². The summed E-state index contributed by atoms with van der Waals surface area (Å²) >= 11 is 0. The average molecular weight is 774 g/mol. The van der Waals surface area contributed by atoms with Crippen LogP contribution in [0.2, 0.25) is 0 Å². The van der Waals surface area contributed by atoms with Gasteiger partial charge in [-0.25, -0.2) is 0 Å². The van der Waals surface area contributed by atoms with Crippen molar-refractivity contribution < 1.29 is 64.6 Å². The summed E-state index contributed by atoms with van der Waals surface area (Å²) in [6.45, 7) is 2.58. The maximum atomic E-state index is 13.0. The van der Waals surface area contributed by atoms with E-state index in [4.69, 9.17) is 18.9 Å². The summed E-state index contributed by atoms with van der Waals surface area (Å²) in [6, 6.07) is -0.832. The van der Waals surface area contributed by atoms with E-state index < -0.39 is 86.8 Å². The average Bonchev–Trinajstić information content (AvgIpc) is 3.17. The molecule has 0 aromatic heterocycles. The van der Waals surface area contributed by atoms with Crippen molar-refractivity contribution in [1.82, 2.24) is 5.32 Å². The van der Waals surface area contributed by atoms with Gasteiger partial charge in [0.1, 0.15) is 48.8 Å².